The Morgan fingerprint density at radius 2 is 1.89 bits per heavy atom. The van der Waals surface area contributed by atoms with Crippen molar-refractivity contribution in [2.45, 2.75) is 6.92 Å². The topological polar surface area (TPSA) is 75.2 Å². The molecule has 3 rings (SSSR count). The van der Waals surface area contributed by atoms with E-state index >= 15 is 0 Å². The lowest BCUT2D eigenvalue weighted by atomic mass is 10.1. The summed E-state index contributed by atoms with van der Waals surface area (Å²) in [5.41, 5.74) is 3.21. The molecule has 6 nitrogen and oxygen atoms in total. The number of carbonyl (C=O) groups excluding carboxylic acids is 2. The number of benzene rings is 2. The third-order valence-electron chi connectivity index (χ3n) is 4.09. The van der Waals surface area contributed by atoms with Crippen molar-refractivity contribution in [3.63, 3.8) is 0 Å². The number of nitrogens with zero attached hydrogens (tertiary/aromatic N) is 3. The molecule has 0 fully saturated rings. The molecule has 6 heteroatoms. The molecule has 0 aliphatic carbocycles. The van der Waals surface area contributed by atoms with Gasteiger partial charge in [-0.2, -0.15) is 0 Å². The van der Waals surface area contributed by atoms with E-state index in [-0.39, 0.29) is 11.8 Å². The predicted octanol–water partition coefficient (Wildman–Crippen LogP) is 3.71. The molecule has 0 radical (unpaired) electrons. The van der Waals surface area contributed by atoms with Gasteiger partial charge in [0.25, 0.3) is 5.91 Å². The summed E-state index contributed by atoms with van der Waals surface area (Å²) >= 11 is 0. The second-order valence-corrected chi connectivity index (χ2v) is 6.25. The minimum Gasteiger partial charge on any atom is -0.311 e. The first kappa shape index (κ1) is 19.0. The Morgan fingerprint density at radius 1 is 1.07 bits per heavy atom. The molecule has 0 saturated heterocycles. The normalized spacial score (nSPS) is 10.6. The summed E-state index contributed by atoms with van der Waals surface area (Å²) in [5, 5.41) is 2.64. The number of nitrogens with one attached hydrogen (secondary N) is 1. The van der Waals surface area contributed by atoms with E-state index < -0.39 is 0 Å². The number of anilines is 2. The molecule has 0 unspecified atom stereocenters. The van der Waals surface area contributed by atoms with Gasteiger partial charge in [0.05, 0.1) is 0 Å². The lowest BCUT2D eigenvalue weighted by Gasteiger charge is -2.18. The Morgan fingerprint density at radius 3 is 2.64 bits per heavy atom. The molecule has 0 spiro atoms. The van der Waals surface area contributed by atoms with Crippen LogP contribution in [0.15, 0.2) is 73.2 Å². The van der Waals surface area contributed by atoms with Crippen molar-refractivity contribution < 1.29 is 9.59 Å². The van der Waals surface area contributed by atoms with Gasteiger partial charge in [-0.3, -0.25) is 9.59 Å². The quantitative estimate of drug-likeness (QED) is 0.693. The van der Waals surface area contributed by atoms with E-state index in [4.69, 9.17) is 0 Å². The van der Waals surface area contributed by atoms with Gasteiger partial charge in [0.15, 0.2) is 0 Å². The Bertz CT molecular complexity index is 1020. The molecule has 1 N–H and O–H groups in total. The molecule has 28 heavy (non-hydrogen) atoms. The minimum atomic E-state index is -0.313. The minimum absolute atomic E-state index is 0.119. The Hall–Kier alpha value is -3.80. The zero-order valence-corrected chi connectivity index (χ0v) is 15.7. The second-order valence-electron chi connectivity index (χ2n) is 6.25. The first-order valence-electron chi connectivity index (χ1n) is 8.73. The average Bonchev–Trinajstić information content (AvgIpc) is 2.72. The van der Waals surface area contributed by atoms with Crippen LogP contribution in [-0.2, 0) is 4.79 Å². The van der Waals surface area contributed by atoms with E-state index in [9.17, 15) is 9.59 Å². The number of amides is 2. The van der Waals surface area contributed by atoms with Gasteiger partial charge in [0.1, 0.15) is 12.1 Å². The summed E-state index contributed by atoms with van der Waals surface area (Å²) in [6.45, 7) is 1.99. The molecule has 2 amide bonds. The number of aryl methyl sites for hydroxylation is 1. The lowest BCUT2D eigenvalue weighted by Crippen LogP contribution is -2.26. The summed E-state index contributed by atoms with van der Waals surface area (Å²) in [4.78, 5) is 34.1. The molecule has 0 bridgehead atoms. The summed E-state index contributed by atoms with van der Waals surface area (Å²) in [7, 11) is 1.74. The Kier molecular flexibility index (Phi) is 5.91. The fraction of sp³-hybridized carbons (Fsp3) is 0.0909. The molecule has 1 aromatic heterocycles. The van der Waals surface area contributed by atoms with Gasteiger partial charge in [-0.15, -0.1) is 0 Å². The number of rotatable bonds is 5. The van der Waals surface area contributed by atoms with Crippen LogP contribution in [-0.4, -0.2) is 28.8 Å². The largest absolute Gasteiger partial charge is 0.311 e. The molecular weight excluding hydrogens is 352 g/mol. The number of hydrogen-bond acceptors (Lipinski definition) is 4. The molecule has 140 valence electrons. The predicted molar refractivity (Wildman–Crippen MR) is 110 cm³/mol. The van der Waals surface area contributed by atoms with Crippen LogP contribution in [0.1, 0.15) is 21.5 Å². The highest BCUT2D eigenvalue weighted by molar-refractivity contribution is 6.06. The summed E-state index contributed by atoms with van der Waals surface area (Å²) in [6, 6.07) is 16.5. The summed E-state index contributed by atoms with van der Waals surface area (Å²) < 4.78 is 0. The van der Waals surface area contributed by atoms with Crippen LogP contribution >= 0.6 is 0 Å². The fourth-order valence-electron chi connectivity index (χ4n) is 2.63. The van der Waals surface area contributed by atoms with E-state index in [1.807, 2.05) is 37.3 Å². The number of carbonyl (C=O) groups is 2. The smallest absolute Gasteiger partial charge is 0.258 e. The van der Waals surface area contributed by atoms with E-state index in [2.05, 4.69) is 15.3 Å². The van der Waals surface area contributed by atoms with Crippen molar-refractivity contribution in [2.75, 3.05) is 17.3 Å². The molecule has 2 aromatic carbocycles. The van der Waals surface area contributed by atoms with Crippen LogP contribution in [0.2, 0.25) is 0 Å². The summed E-state index contributed by atoms with van der Waals surface area (Å²) in [5.74, 6) is -0.00745. The van der Waals surface area contributed by atoms with Gasteiger partial charge in [0.2, 0.25) is 5.91 Å². The van der Waals surface area contributed by atoms with Gasteiger partial charge < -0.3 is 10.2 Å². The maximum absolute atomic E-state index is 12.8. The first-order valence-corrected chi connectivity index (χ1v) is 8.73. The highest BCUT2D eigenvalue weighted by Gasteiger charge is 2.13. The van der Waals surface area contributed by atoms with Crippen LogP contribution in [0, 0.1) is 6.92 Å². The van der Waals surface area contributed by atoms with Gasteiger partial charge in [-0.25, -0.2) is 9.97 Å². The second kappa shape index (κ2) is 8.73. The highest BCUT2D eigenvalue weighted by atomic mass is 16.2. The SMILES string of the molecule is Cc1cccc(N(C)C(=O)c2cccc(/C=C/C(=O)Nc3ccncn3)c2)c1. The van der Waals surface area contributed by atoms with Gasteiger partial charge >= 0.3 is 0 Å². The maximum atomic E-state index is 12.8. The Labute approximate surface area is 163 Å². The zero-order chi connectivity index (χ0) is 19.9. The van der Waals surface area contributed by atoms with Crippen LogP contribution in [0.3, 0.4) is 0 Å². The molecule has 1 heterocycles. The third kappa shape index (κ3) is 4.88. The zero-order valence-electron chi connectivity index (χ0n) is 15.7. The van der Waals surface area contributed by atoms with E-state index in [1.54, 1.807) is 48.5 Å². The molecule has 0 saturated carbocycles. The molecule has 3 aromatic rings. The van der Waals surface area contributed by atoms with E-state index in [0.29, 0.717) is 11.4 Å². The van der Waals surface area contributed by atoms with E-state index in [0.717, 1.165) is 16.8 Å². The molecular formula is C22H20N4O2. The van der Waals surface area contributed by atoms with Gasteiger partial charge in [-0.1, -0.05) is 24.3 Å². The lowest BCUT2D eigenvalue weighted by molar-refractivity contribution is -0.111. The number of aromatic nitrogens is 2. The summed E-state index contributed by atoms with van der Waals surface area (Å²) in [6.07, 6.45) is 5.96. The Balaban J connectivity index is 1.71. The van der Waals surface area contributed by atoms with E-state index in [1.165, 1.54) is 12.4 Å². The van der Waals surface area contributed by atoms with Crippen molar-refractivity contribution in [1.82, 2.24) is 9.97 Å². The molecule has 0 aliphatic rings. The standard InChI is InChI=1S/C22H20N4O2/c1-16-5-3-8-19(13-16)26(2)22(28)18-7-4-6-17(14-18)9-10-21(27)25-20-11-12-23-15-24-20/h3-15H,1-2H3,(H,23,24,25,27)/b10-9+. The average molecular weight is 372 g/mol. The van der Waals surface area contributed by atoms with Crippen molar-refractivity contribution >= 4 is 29.4 Å². The van der Waals surface area contributed by atoms with Crippen LogP contribution < -0.4 is 10.2 Å². The highest BCUT2D eigenvalue weighted by Crippen LogP contribution is 2.18. The third-order valence-corrected chi connectivity index (χ3v) is 4.09. The first-order chi connectivity index (χ1) is 13.5. The van der Waals surface area contributed by atoms with Crippen molar-refractivity contribution in [1.29, 1.82) is 0 Å². The van der Waals surface area contributed by atoms with Gasteiger partial charge in [0, 0.05) is 30.6 Å². The van der Waals surface area contributed by atoms with Crippen molar-refractivity contribution in [2.24, 2.45) is 0 Å². The monoisotopic (exact) mass is 372 g/mol. The molecule has 0 aliphatic heterocycles. The fourth-order valence-corrected chi connectivity index (χ4v) is 2.63. The van der Waals surface area contributed by atoms with Crippen LogP contribution in [0.5, 0.6) is 0 Å². The van der Waals surface area contributed by atoms with Crippen molar-refractivity contribution in [3.05, 3.63) is 89.9 Å². The van der Waals surface area contributed by atoms with Gasteiger partial charge in [-0.05, 0) is 54.5 Å². The van der Waals surface area contributed by atoms with Crippen molar-refractivity contribution in [3.8, 4) is 0 Å². The van der Waals surface area contributed by atoms with Crippen LogP contribution in [0.25, 0.3) is 6.08 Å². The van der Waals surface area contributed by atoms with Crippen LogP contribution in [0.4, 0.5) is 11.5 Å². The molecule has 0 atom stereocenters. The number of hydrogen-bond donors (Lipinski definition) is 1. The maximum Gasteiger partial charge on any atom is 0.258 e.